The van der Waals surface area contributed by atoms with Gasteiger partial charge in [0.05, 0.1) is 11.4 Å². The third-order valence-corrected chi connectivity index (χ3v) is 4.02. The monoisotopic (exact) mass is 296 g/mol. The summed E-state index contributed by atoms with van der Waals surface area (Å²) in [6, 6.07) is 5.90. The van der Waals surface area contributed by atoms with Gasteiger partial charge in [-0.3, -0.25) is 4.79 Å². The van der Waals surface area contributed by atoms with Gasteiger partial charge in [0, 0.05) is 12.2 Å². The molecule has 108 valence electrons. The van der Waals surface area contributed by atoms with E-state index in [1.54, 1.807) is 6.92 Å². The van der Waals surface area contributed by atoms with Crippen molar-refractivity contribution in [2.24, 2.45) is 0 Å². The molecule has 0 aliphatic rings. The van der Waals surface area contributed by atoms with Crippen molar-refractivity contribution < 1.29 is 18.3 Å². The SMILES string of the molecule is C#CCN(CC(=O)O)c1ccc(S(=O)(=O)NCC)cc1. The Morgan fingerprint density at radius 3 is 2.45 bits per heavy atom. The number of sulfonamides is 1. The number of carboxylic acid groups (broad SMARTS) is 1. The minimum atomic E-state index is -3.51. The lowest BCUT2D eigenvalue weighted by Crippen LogP contribution is -2.30. The van der Waals surface area contributed by atoms with Crippen LogP contribution >= 0.6 is 0 Å². The molecule has 1 aromatic carbocycles. The summed E-state index contributed by atoms with van der Waals surface area (Å²) in [6.07, 6.45) is 5.19. The van der Waals surface area contributed by atoms with Crippen LogP contribution in [0.4, 0.5) is 5.69 Å². The molecule has 1 rings (SSSR count). The highest BCUT2D eigenvalue weighted by Gasteiger charge is 2.14. The molecule has 0 atom stereocenters. The first kappa shape index (κ1) is 16.0. The molecule has 0 spiro atoms. The van der Waals surface area contributed by atoms with Crippen LogP contribution in [-0.2, 0) is 14.8 Å². The summed E-state index contributed by atoms with van der Waals surface area (Å²) < 4.78 is 25.9. The summed E-state index contributed by atoms with van der Waals surface area (Å²) >= 11 is 0. The third kappa shape index (κ3) is 4.26. The Morgan fingerprint density at radius 1 is 1.40 bits per heavy atom. The van der Waals surface area contributed by atoms with Crippen LogP contribution in [0.5, 0.6) is 0 Å². The minimum absolute atomic E-state index is 0.124. The molecular weight excluding hydrogens is 280 g/mol. The second-order valence-corrected chi connectivity index (χ2v) is 5.72. The van der Waals surface area contributed by atoms with Gasteiger partial charge >= 0.3 is 5.97 Å². The summed E-state index contributed by atoms with van der Waals surface area (Å²) in [4.78, 5) is 12.3. The molecule has 0 unspecified atom stereocenters. The lowest BCUT2D eigenvalue weighted by atomic mass is 10.3. The van der Waals surface area contributed by atoms with Gasteiger partial charge in [0.25, 0.3) is 0 Å². The summed E-state index contributed by atoms with van der Waals surface area (Å²) in [5.74, 6) is 1.36. The molecule has 0 amide bonds. The standard InChI is InChI=1S/C13H16N2O4S/c1-3-9-15(10-13(16)17)11-5-7-12(8-6-11)20(18,19)14-4-2/h1,5-8,14H,4,9-10H2,2H3,(H,16,17). The Labute approximate surface area is 118 Å². The van der Waals surface area contributed by atoms with Crippen LogP contribution in [0.25, 0.3) is 0 Å². The van der Waals surface area contributed by atoms with E-state index in [-0.39, 0.29) is 18.0 Å². The average molecular weight is 296 g/mol. The number of rotatable bonds is 7. The number of carboxylic acids is 1. The molecule has 1 aromatic rings. The Bertz CT molecular complexity index is 602. The van der Waals surface area contributed by atoms with Gasteiger partial charge in [-0.05, 0) is 24.3 Å². The maximum Gasteiger partial charge on any atom is 0.323 e. The second kappa shape index (κ2) is 6.93. The smallest absolute Gasteiger partial charge is 0.323 e. The first-order valence-corrected chi connectivity index (χ1v) is 7.39. The van der Waals surface area contributed by atoms with Crippen LogP contribution in [0, 0.1) is 12.3 Å². The van der Waals surface area contributed by atoms with Gasteiger partial charge < -0.3 is 10.0 Å². The lowest BCUT2D eigenvalue weighted by Gasteiger charge is -2.20. The van der Waals surface area contributed by atoms with E-state index in [4.69, 9.17) is 11.5 Å². The molecule has 0 fully saturated rings. The van der Waals surface area contributed by atoms with Crippen LogP contribution in [0.15, 0.2) is 29.2 Å². The van der Waals surface area contributed by atoms with Crippen LogP contribution in [0.3, 0.4) is 0 Å². The van der Waals surface area contributed by atoms with Crippen molar-refractivity contribution in [2.75, 3.05) is 24.5 Å². The molecule has 0 saturated heterocycles. The fraction of sp³-hybridized carbons (Fsp3) is 0.308. The number of anilines is 1. The van der Waals surface area contributed by atoms with Gasteiger partial charge in [0.15, 0.2) is 0 Å². The number of nitrogens with zero attached hydrogens (tertiary/aromatic N) is 1. The van der Waals surface area contributed by atoms with E-state index in [0.717, 1.165) is 0 Å². The van der Waals surface area contributed by atoms with E-state index in [1.165, 1.54) is 29.2 Å². The maximum atomic E-state index is 11.8. The largest absolute Gasteiger partial charge is 0.480 e. The van der Waals surface area contributed by atoms with E-state index in [2.05, 4.69) is 10.6 Å². The summed E-state index contributed by atoms with van der Waals surface area (Å²) in [5.41, 5.74) is 0.556. The topological polar surface area (TPSA) is 86.7 Å². The zero-order chi connectivity index (χ0) is 15.2. The van der Waals surface area contributed by atoms with E-state index in [9.17, 15) is 13.2 Å². The molecule has 0 aliphatic carbocycles. The van der Waals surface area contributed by atoms with Gasteiger partial charge in [0.2, 0.25) is 10.0 Å². The molecule has 20 heavy (non-hydrogen) atoms. The first-order valence-electron chi connectivity index (χ1n) is 5.90. The van der Waals surface area contributed by atoms with Crippen molar-refractivity contribution in [1.82, 2.24) is 4.72 Å². The normalized spacial score (nSPS) is 10.8. The average Bonchev–Trinajstić information content (AvgIpc) is 2.38. The van der Waals surface area contributed by atoms with Gasteiger partial charge in [-0.15, -0.1) is 6.42 Å². The lowest BCUT2D eigenvalue weighted by molar-refractivity contribution is -0.135. The maximum absolute atomic E-state index is 11.8. The molecule has 6 nitrogen and oxygen atoms in total. The molecule has 7 heteroatoms. The number of hydrogen-bond acceptors (Lipinski definition) is 4. The zero-order valence-corrected chi connectivity index (χ0v) is 11.9. The van der Waals surface area contributed by atoms with Gasteiger partial charge in [-0.25, -0.2) is 13.1 Å². The Morgan fingerprint density at radius 2 is 2.00 bits per heavy atom. The highest BCUT2D eigenvalue weighted by molar-refractivity contribution is 7.89. The van der Waals surface area contributed by atoms with Crippen LogP contribution in [0.1, 0.15) is 6.92 Å². The molecule has 0 aromatic heterocycles. The number of nitrogens with one attached hydrogen (secondary N) is 1. The molecule has 0 saturated carbocycles. The molecule has 0 heterocycles. The summed E-state index contributed by atoms with van der Waals surface area (Å²) in [7, 11) is -3.51. The Kier molecular flexibility index (Phi) is 5.55. The van der Waals surface area contributed by atoms with Crippen molar-refractivity contribution in [3.63, 3.8) is 0 Å². The fourth-order valence-corrected chi connectivity index (χ4v) is 2.66. The van der Waals surface area contributed by atoms with Crippen molar-refractivity contribution >= 4 is 21.7 Å². The van der Waals surface area contributed by atoms with E-state index >= 15 is 0 Å². The van der Waals surface area contributed by atoms with Crippen molar-refractivity contribution in [3.8, 4) is 12.3 Å². The summed E-state index contributed by atoms with van der Waals surface area (Å²) in [6.45, 7) is 1.87. The van der Waals surface area contributed by atoms with Gasteiger partial charge in [-0.2, -0.15) is 0 Å². The predicted molar refractivity (Wildman–Crippen MR) is 76.0 cm³/mol. The van der Waals surface area contributed by atoms with Gasteiger partial charge in [0.1, 0.15) is 6.54 Å². The Balaban J connectivity index is 3.00. The van der Waals surface area contributed by atoms with Crippen LogP contribution < -0.4 is 9.62 Å². The van der Waals surface area contributed by atoms with Crippen molar-refractivity contribution in [2.45, 2.75) is 11.8 Å². The second-order valence-electron chi connectivity index (χ2n) is 3.95. The molecular formula is C13H16N2O4S. The minimum Gasteiger partial charge on any atom is -0.480 e. The molecule has 0 radical (unpaired) electrons. The van der Waals surface area contributed by atoms with Crippen molar-refractivity contribution in [1.29, 1.82) is 0 Å². The summed E-state index contributed by atoms with van der Waals surface area (Å²) in [5, 5.41) is 8.81. The first-order chi connectivity index (χ1) is 9.40. The predicted octanol–water partition coefficient (Wildman–Crippen LogP) is 0.509. The van der Waals surface area contributed by atoms with Crippen LogP contribution in [-0.4, -0.2) is 39.1 Å². The number of hydrogen-bond donors (Lipinski definition) is 2. The van der Waals surface area contributed by atoms with E-state index in [1.807, 2.05) is 0 Å². The highest BCUT2D eigenvalue weighted by Crippen LogP contribution is 2.17. The number of terminal acetylenes is 1. The fourth-order valence-electron chi connectivity index (χ4n) is 1.62. The zero-order valence-electron chi connectivity index (χ0n) is 11.0. The number of carbonyl (C=O) groups is 1. The van der Waals surface area contributed by atoms with Gasteiger partial charge in [-0.1, -0.05) is 12.8 Å². The van der Waals surface area contributed by atoms with E-state index in [0.29, 0.717) is 12.2 Å². The highest BCUT2D eigenvalue weighted by atomic mass is 32.2. The molecule has 0 bridgehead atoms. The quantitative estimate of drug-likeness (QED) is 0.716. The Hall–Kier alpha value is -2.04. The third-order valence-electron chi connectivity index (χ3n) is 2.45. The number of aliphatic carboxylic acids is 1. The van der Waals surface area contributed by atoms with Crippen molar-refractivity contribution in [3.05, 3.63) is 24.3 Å². The molecule has 2 N–H and O–H groups in total. The molecule has 0 aliphatic heterocycles. The van der Waals surface area contributed by atoms with E-state index < -0.39 is 16.0 Å². The number of benzene rings is 1. The van der Waals surface area contributed by atoms with Crippen LogP contribution in [0.2, 0.25) is 0 Å².